The summed E-state index contributed by atoms with van der Waals surface area (Å²) in [5.74, 6) is -0.625. The lowest BCUT2D eigenvalue weighted by Crippen LogP contribution is -2.46. The van der Waals surface area contributed by atoms with Crippen molar-refractivity contribution < 1.29 is 23.8 Å². The number of nitrogens with zero attached hydrogens (tertiary/aromatic N) is 1. The van der Waals surface area contributed by atoms with Crippen molar-refractivity contribution in [2.45, 2.75) is 65.0 Å². The van der Waals surface area contributed by atoms with Gasteiger partial charge >= 0.3 is 6.09 Å². The minimum Gasteiger partial charge on any atom is -0.444 e. The number of ether oxygens (including phenoxy) is 3. The molecule has 138 valence electrons. The van der Waals surface area contributed by atoms with Crippen molar-refractivity contribution in [2.75, 3.05) is 26.2 Å². The van der Waals surface area contributed by atoms with Gasteiger partial charge in [-0.15, -0.1) is 0 Å². The van der Waals surface area contributed by atoms with Crippen LogP contribution in [0.2, 0.25) is 0 Å². The second kappa shape index (κ2) is 7.27. The fourth-order valence-electron chi connectivity index (χ4n) is 2.87. The fraction of sp³-hybridized carbons (Fsp3) is 0.882. The molecule has 0 bridgehead atoms. The molecule has 7 heteroatoms. The van der Waals surface area contributed by atoms with Crippen LogP contribution in [-0.4, -0.2) is 60.6 Å². The van der Waals surface area contributed by atoms with Crippen LogP contribution < -0.4 is 5.32 Å². The predicted molar refractivity (Wildman–Crippen MR) is 88.4 cm³/mol. The number of rotatable bonds is 3. The topological polar surface area (TPSA) is 77.1 Å². The Balaban J connectivity index is 1.70. The highest BCUT2D eigenvalue weighted by Gasteiger charge is 2.34. The lowest BCUT2D eigenvalue weighted by Gasteiger charge is -2.33. The molecule has 7 nitrogen and oxygen atoms in total. The Bertz CT molecular complexity index is 464. The number of piperidine rings is 1. The molecule has 1 atom stereocenters. The van der Waals surface area contributed by atoms with Crippen LogP contribution in [0.1, 0.15) is 47.5 Å². The van der Waals surface area contributed by atoms with Gasteiger partial charge in [-0.25, -0.2) is 4.79 Å². The molecule has 1 unspecified atom stereocenters. The molecule has 0 saturated carbocycles. The average molecular weight is 342 g/mol. The van der Waals surface area contributed by atoms with Crippen molar-refractivity contribution in [3.8, 4) is 0 Å². The van der Waals surface area contributed by atoms with Crippen molar-refractivity contribution in [3.05, 3.63) is 0 Å². The summed E-state index contributed by atoms with van der Waals surface area (Å²) in [5.41, 5.74) is -0.498. The summed E-state index contributed by atoms with van der Waals surface area (Å²) in [4.78, 5) is 26.0. The maximum atomic E-state index is 12.3. The average Bonchev–Trinajstić information content (AvgIpc) is 2.82. The van der Waals surface area contributed by atoms with E-state index < -0.39 is 11.4 Å². The zero-order chi connectivity index (χ0) is 18.0. The first-order valence-electron chi connectivity index (χ1n) is 8.63. The van der Waals surface area contributed by atoms with Gasteiger partial charge in [0.25, 0.3) is 0 Å². The van der Waals surface area contributed by atoms with Crippen LogP contribution in [0.4, 0.5) is 4.79 Å². The van der Waals surface area contributed by atoms with E-state index in [4.69, 9.17) is 14.2 Å². The van der Waals surface area contributed by atoms with Gasteiger partial charge in [0.1, 0.15) is 11.7 Å². The van der Waals surface area contributed by atoms with Crippen molar-refractivity contribution in [2.24, 2.45) is 5.92 Å². The quantitative estimate of drug-likeness (QED) is 0.848. The second-order valence-electron chi connectivity index (χ2n) is 7.94. The molecular formula is C17H30N2O5. The highest BCUT2D eigenvalue weighted by atomic mass is 16.7. The monoisotopic (exact) mass is 342 g/mol. The number of carbonyl (C=O) groups excluding carboxylic acids is 2. The van der Waals surface area contributed by atoms with Crippen molar-refractivity contribution in [1.29, 1.82) is 0 Å². The van der Waals surface area contributed by atoms with Gasteiger partial charge in [-0.2, -0.15) is 0 Å². The first-order chi connectivity index (χ1) is 11.1. The maximum Gasteiger partial charge on any atom is 0.410 e. The van der Waals surface area contributed by atoms with Crippen LogP contribution in [0.25, 0.3) is 0 Å². The molecule has 24 heavy (non-hydrogen) atoms. The Morgan fingerprint density at radius 3 is 2.38 bits per heavy atom. The van der Waals surface area contributed by atoms with Crippen molar-refractivity contribution >= 4 is 12.0 Å². The Kier molecular flexibility index (Phi) is 5.75. The molecule has 1 N–H and O–H groups in total. The molecule has 0 radical (unpaired) electrons. The Hall–Kier alpha value is -1.34. The molecule has 2 rings (SSSR count). The number of likely N-dealkylation sites (tertiary alicyclic amines) is 1. The molecule has 2 amide bonds. The molecule has 2 aliphatic heterocycles. The standard InChI is InChI=1S/C17H30N2O5/c1-16(2,3)24-15(21)19-8-6-12(7-9-19)14(20)18-10-13-11-22-17(4,5)23-13/h12-13H,6-11H2,1-5H3,(H,18,20). The van der Waals surface area contributed by atoms with Gasteiger partial charge in [0.2, 0.25) is 5.91 Å². The Morgan fingerprint density at radius 2 is 1.88 bits per heavy atom. The Morgan fingerprint density at radius 1 is 1.25 bits per heavy atom. The third kappa shape index (κ3) is 5.63. The number of hydrogen-bond acceptors (Lipinski definition) is 5. The van der Waals surface area contributed by atoms with Crippen LogP contribution in [0.3, 0.4) is 0 Å². The van der Waals surface area contributed by atoms with Crippen LogP contribution in [0, 0.1) is 5.92 Å². The van der Waals surface area contributed by atoms with Crippen LogP contribution in [0.5, 0.6) is 0 Å². The highest BCUT2D eigenvalue weighted by molar-refractivity contribution is 5.79. The molecule has 2 fully saturated rings. The minimum atomic E-state index is -0.575. The third-order valence-corrected chi connectivity index (χ3v) is 4.09. The van der Waals surface area contributed by atoms with Crippen molar-refractivity contribution in [1.82, 2.24) is 10.2 Å². The Labute approximate surface area is 144 Å². The fourth-order valence-corrected chi connectivity index (χ4v) is 2.87. The van der Waals surface area contributed by atoms with E-state index in [2.05, 4.69) is 5.32 Å². The highest BCUT2D eigenvalue weighted by Crippen LogP contribution is 2.23. The van der Waals surface area contributed by atoms with E-state index in [9.17, 15) is 9.59 Å². The zero-order valence-corrected chi connectivity index (χ0v) is 15.4. The smallest absolute Gasteiger partial charge is 0.410 e. The van der Waals surface area contributed by atoms with Gasteiger partial charge < -0.3 is 24.4 Å². The number of carbonyl (C=O) groups is 2. The minimum absolute atomic E-state index is 0.0205. The summed E-state index contributed by atoms with van der Waals surface area (Å²) in [6.45, 7) is 11.3. The zero-order valence-electron chi connectivity index (χ0n) is 15.4. The van der Waals surface area contributed by atoms with E-state index in [1.807, 2.05) is 34.6 Å². The van der Waals surface area contributed by atoms with Crippen LogP contribution >= 0.6 is 0 Å². The summed E-state index contributed by atoms with van der Waals surface area (Å²) in [6.07, 6.45) is 0.892. The third-order valence-electron chi connectivity index (χ3n) is 4.09. The van der Waals surface area contributed by atoms with E-state index in [1.54, 1.807) is 4.90 Å². The summed E-state index contributed by atoms with van der Waals surface area (Å²) in [6, 6.07) is 0. The molecule has 0 aromatic heterocycles. The maximum absolute atomic E-state index is 12.3. The molecule has 0 aromatic carbocycles. The first-order valence-corrected chi connectivity index (χ1v) is 8.63. The van der Waals surface area contributed by atoms with E-state index in [0.717, 1.165) is 0 Å². The predicted octanol–water partition coefficient (Wildman–Crippen LogP) is 1.90. The van der Waals surface area contributed by atoms with E-state index >= 15 is 0 Å². The normalized spacial score (nSPS) is 24.7. The second-order valence-corrected chi connectivity index (χ2v) is 7.94. The molecular weight excluding hydrogens is 312 g/mol. The van der Waals surface area contributed by atoms with Gasteiger partial charge in [0, 0.05) is 25.6 Å². The molecule has 0 aliphatic carbocycles. The van der Waals surface area contributed by atoms with E-state index in [1.165, 1.54) is 0 Å². The molecule has 2 saturated heterocycles. The number of nitrogens with one attached hydrogen (secondary N) is 1. The molecule has 0 aromatic rings. The van der Waals surface area contributed by atoms with Gasteiger partial charge in [0.15, 0.2) is 5.79 Å². The lowest BCUT2D eigenvalue weighted by atomic mass is 9.96. The van der Waals surface area contributed by atoms with E-state index in [0.29, 0.717) is 39.1 Å². The number of hydrogen-bond donors (Lipinski definition) is 1. The number of amides is 2. The van der Waals surface area contributed by atoms with Gasteiger partial charge in [-0.3, -0.25) is 4.79 Å². The summed E-state index contributed by atoms with van der Waals surface area (Å²) >= 11 is 0. The van der Waals surface area contributed by atoms with Crippen LogP contribution in [-0.2, 0) is 19.0 Å². The molecule has 2 aliphatic rings. The van der Waals surface area contributed by atoms with Crippen molar-refractivity contribution in [3.63, 3.8) is 0 Å². The molecule has 2 heterocycles. The summed E-state index contributed by atoms with van der Waals surface area (Å²) in [7, 11) is 0. The molecule has 0 spiro atoms. The summed E-state index contributed by atoms with van der Waals surface area (Å²) < 4.78 is 16.5. The van der Waals surface area contributed by atoms with Gasteiger partial charge in [-0.05, 0) is 47.5 Å². The van der Waals surface area contributed by atoms with E-state index in [-0.39, 0.29) is 24.0 Å². The van der Waals surface area contributed by atoms with Crippen LogP contribution in [0.15, 0.2) is 0 Å². The first kappa shape index (κ1) is 19.0. The van der Waals surface area contributed by atoms with Gasteiger partial charge in [-0.1, -0.05) is 0 Å². The van der Waals surface area contributed by atoms with Gasteiger partial charge in [0.05, 0.1) is 6.61 Å². The lowest BCUT2D eigenvalue weighted by molar-refractivity contribution is -0.140. The largest absolute Gasteiger partial charge is 0.444 e. The summed E-state index contributed by atoms with van der Waals surface area (Å²) in [5, 5.41) is 2.94. The SMILES string of the molecule is CC(C)(C)OC(=O)N1CCC(C(=O)NCC2COC(C)(C)O2)CC1.